The molecule has 35 heavy (non-hydrogen) atoms. The number of methoxy groups -OCH3 is 3. The number of benzene rings is 3. The van der Waals surface area contributed by atoms with Gasteiger partial charge in [-0.15, -0.1) is 11.3 Å². The van der Waals surface area contributed by atoms with Crippen LogP contribution in [0.2, 0.25) is 0 Å². The number of nitrogens with zero attached hydrogens (tertiary/aromatic N) is 2. The number of thiazole rings is 1. The Morgan fingerprint density at radius 2 is 1.69 bits per heavy atom. The van der Waals surface area contributed by atoms with Crippen molar-refractivity contribution in [3.63, 3.8) is 0 Å². The van der Waals surface area contributed by atoms with E-state index in [-0.39, 0.29) is 0 Å². The zero-order valence-corrected chi connectivity index (χ0v) is 20.8. The summed E-state index contributed by atoms with van der Waals surface area (Å²) in [5.41, 5.74) is 5.25. The predicted molar refractivity (Wildman–Crippen MR) is 141 cm³/mol. The third kappa shape index (κ3) is 4.55. The van der Waals surface area contributed by atoms with Gasteiger partial charge in [0.2, 0.25) is 0 Å². The lowest BCUT2D eigenvalue weighted by atomic mass is 10.1. The quantitative estimate of drug-likeness (QED) is 0.285. The van der Waals surface area contributed by atoms with Crippen LogP contribution < -0.4 is 19.0 Å². The van der Waals surface area contributed by atoms with Gasteiger partial charge in [0.15, 0.2) is 4.80 Å². The Kier molecular flexibility index (Phi) is 6.59. The van der Waals surface area contributed by atoms with E-state index >= 15 is 0 Å². The molecule has 1 N–H and O–H groups in total. The largest absolute Gasteiger partial charge is 0.497 e. The molecule has 7 heteroatoms. The van der Waals surface area contributed by atoms with Crippen molar-refractivity contribution >= 4 is 27.9 Å². The number of hydrogen-bond acceptors (Lipinski definition) is 5. The molecule has 2 heterocycles. The fourth-order valence-electron chi connectivity index (χ4n) is 4.26. The lowest BCUT2D eigenvalue weighted by Gasteiger charge is -2.13. The minimum atomic E-state index is 0.743. The molecule has 0 bridgehead atoms. The van der Waals surface area contributed by atoms with Crippen LogP contribution in [0.5, 0.6) is 17.2 Å². The summed E-state index contributed by atoms with van der Waals surface area (Å²) < 4.78 is 18.9. The summed E-state index contributed by atoms with van der Waals surface area (Å²) in [7, 11) is 5.01. The zero-order valence-electron chi connectivity index (χ0n) is 19.9. The smallest absolute Gasteiger partial charge is 0.190 e. The number of ether oxygens (including phenoxy) is 3. The standard InChI is InChI=1S/C28H27N3O3S/c1-32-20-12-13-22(27(16-20)34-3)25-18-35-28(30-24-10-6-7-11-26(24)33-2)31(25)15-14-19-17-29-23-9-5-4-8-21(19)23/h4-13,16-18,29H,14-15H2,1-3H3. The highest BCUT2D eigenvalue weighted by Crippen LogP contribution is 2.34. The van der Waals surface area contributed by atoms with Gasteiger partial charge in [-0.3, -0.25) is 0 Å². The van der Waals surface area contributed by atoms with Crippen LogP contribution in [0, 0.1) is 0 Å². The van der Waals surface area contributed by atoms with Gasteiger partial charge in [0.1, 0.15) is 22.9 Å². The summed E-state index contributed by atoms with van der Waals surface area (Å²) in [5.74, 6) is 2.25. The molecule has 178 valence electrons. The van der Waals surface area contributed by atoms with Crippen molar-refractivity contribution in [3.8, 4) is 28.5 Å². The number of aromatic nitrogens is 2. The maximum atomic E-state index is 5.73. The molecule has 0 aliphatic rings. The number of hydrogen-bond donors (Lipinski definition) is 1. The minimum Gasteiger partial charge on any atom is -0.497 e. The molecule has 2 aromatic heterocycles. The van der Waals surface area contributed by atoms with E-state index in [1.807, 2.05) is 42.5 Å². The lowest BCUT2D eigenvalue weighted by molar-refractivity contribution is 0.395. The average Bonchev–Trinajstić information content (AvgIpc) is 3.51. The molecule has 5 rings (SSSR count). The topological polar surface area (TPSA) is 60.8 Å². The molecule has 0 amide bonds. The first-order valence-electron chi connectivity index (χ1n) is 11.3. The average molecular weight is 486 g/mol. The number of rotatable bonds is 8. The second-order valence-corrected chi connectivity index (χ2v) is 8.85. The number of aryl methyl sites for hydroxylation is 1. The number of nitrogens with one attached hydrogen (secondary N) is 1. The summed E-state index contributed by atoms with van der Waals surface area (Å²) in [5, 5.41) is 3.38. The summed E-state index contributed by atoms with van der Waals surface area (Å²) >= 11 is 1.60. The first-order valence-corrected chi connectivity index (χ1v) is 12.2. The van der Waals surface area contributed by atoms with Crippen molar-refractivity contribution < 1.29 is 14.2 Å². The maximum Gasteiger partial charge on any atom is 0.190 e. The summed E-state index contributed by atoms with van der Waals surface area (Å²) in [6.07, 6.45) is 2.95. The first-order chi connectivity index (χ1) is 17.2. The monoisotopic (exact) mass is 485 g/mol. The Hall–Kier alpha value is -3.97. The molecule has 5 aromatic rings. The Balaban J connectivity index is 1.62. The second kappa shape index (κ2) is 10.1. The summed E-state index contributed by atoms with van der Waals surface area (Å²) in [4.78, 5) is 9.27. The van der Waals surface area contributed by atoms with Crippen molar-refractivity contribution in [1.82, 2.24) is 9.55 Å². The van der Waals surface area contributed by atoms with E-state index in [9.17, 15) is 0 Å². The van der Waals surface area contributed by atoms with Crippen molar-refractivity contribution in [3.05, 3.63) is 88.7 Å². The van der Waals surface area contributed by atoms with E-state index in [4.69, 9.17) is 19.2 Å². The molecule has 0 aliphatic carbocycles. The van der Waals surface area contributed by atoms with Crippen LogP contribution in [-0.4, -0.2) is 30.9 Å². The summed E-state index contributed by atoms with van der Waals surface area (Å²) in [6, 6.07) is 22.1. The number of aromatic amines is 1. The third-order valence-electron chi connectivity index (χ3n) is 6.06. The Morgan fingerprint density at radius 1 is 0.886 bits per heavy atom. The predicted octanol–water partition coefficient (Wildman–Crippen LogP) is 6.20. The first kappa shape index (κ1) is 22.8. The Labute approximate surface area is 208 Å². The van der Waals surface area contributed by atoms with Gasteiger partial charge in [-0.05, 0) is 42.3 Å². The van der Waals surface area contributed by atoms with Gasteiger partial charge in [-0.25, -0.2) is 4.99 Å². The van der Waals surface area contributed by atoms with Crippen LogP contribution in [0.4, 0.5) is 5.69 Å². The van der Waals surface area contributed by atoms with Crippen molar-refractivity contribution in [1.29, 1.82) is 0 Å². The van der Waals surface area contributed by atoms with Crippen molar-refractivity contribution in [2.75, 3.05) is 21.3 Å². The third-order valence-corrected chi connectivity index (χ3v) is 6.93. The van der Waals surface area contributed by atoms with Crippen LogP contribution >= 0.6 is 11.3 Å². The van der Waals surface area contributed by atoms with Gasteiger partial charge >= 0.3 is 0 Å². The fourth-order valence-corrected chi connectivity index (χ4v) is 5.20. The van der Waals surface area contributed by atoms with Crippen LogP contribution in [0.3, 0.4) is 0 Å². The van der Waals surface area contributed by atoms with Gasteiger partial charge in [0.05, 0.1) is 27.0 Å². The van der Waals surface area contributed by atoms with Crippen LogP contribution in [-0.2, 0) is 13.0 Å². The molecule has 6 nitrogen and oxygen atoms in total. The lowest BCUT2D eigenvalue weighted by Crippen LogP contribution is -2.17. The second-order valence-electron chi connectivity index (χ2n) is 8.01. The molecule has 3 aromatic carbocycles. The van der Waals surface area contributed by atoms with Crippen LogP contribution in [0.25, 0.3) is 22.2 Å². The molecule has 0 atom stereocenters. The van der Waals surface area contributed by atoms with Gasteiger partial charge < -0.3 is 23.8 Å². The van der Waals surface area contributed by atoms with E-state index in [0.717, 1.165) is 57.5 Å². The van der Waals surface area contributed by atoms with E-state index in [0.29, 0.717) is 0 Å². The van der Waals surface area contributed by atoms with Gasteiger partial charge in [0, 0.05) is 40.7 Å². The molecule has 0 fully saturated rings. The maximum absolute atomic E-state index is 5.73. The van der Waals surface area contributed by atoms with E-state index in [1.54, 1.807) is 32.7 Å². The van der Waals surface area contributed by atoms with Gasteiger partial charge in [-0.2, -0.15) is 0 Å². The number of para-hydroxylation sites is 3. The molecule has 0 spiro atoms. The number of H-pyrrole nitrogens is 1. The highest BCUT2D eigenvalue weighted by atomic mass is 32.1. The highest BCUT2D eigenvalue weighted by Gasteiger charge is 2.15. The molecule has 0 unspecified atom stereocenters. The number of fused-ring (bicyclic) bond motifs is 1. The van der Waals surface area contributed by atoms with Crippen molar-refractivity contribution in [2.24, 2.45) is 4.99 Å². The van der Waals surface area contributed by atoms with Crippen LogP contribution in [0.15, 0.2) is 83.3 Å². The van der Waals surface area contributed by atoms with E-state index < -0.39 is 0 Å². The molecular formula is C28H27N3O3S. The molecule has 0 aliphatic heterocycles. The molecular weight excluding hydrogens is 458 g/mol. The molecule has 0 saturated carbocycles. The zero-order chi connectivity index (χ0) is 24.2. The van der Waals surface area contributed by atoms with Crippen molar-refractivity contribution in [2.45, 2.75) is 13.0 Å². The van der Waals surface area contributed by atoms with Crippen LogP contribution in [0.1, 0.15) is 5.56 Å². The van der Waals surface area contributed by atoms with E-state index in [1.165, 1.54) is 10.9 Å². The SMILES string of the molecule is COc1ccc(-c2csc(=Nc3ccccc3OC)n2CCc2c[nH]c3ccccc23)c(OC)c1. The Bertz CT molecular complexity index is 1530. The minimum absolute atomic E-state index is 0.743. The Morgan fingerprint density at radius 3 is 2.51 bits per heavy atom. The molecule has 0 radical (unpaired) electrons. The normalized spacial score (nSPS) is 11.7. The summed E-state index contributed by atoms with van der Waals surface area (Å²) in [6.45, 7) is 0.754. The van der Waals surface area contributed by atoms with Gasteiger partial charge in [0.25, 0.3) is 0 Å². The van der Waals surface area contributed by atoms with E-state index in [2.05, 4.69) is 45.4 Å². The van der Waals surface area contributed by atoms with Gasteiger partial charge in [-0.1, -0.05) is 30.3 Å². The molecule has 0 saturated heterocycles. The fraction of sp³-hybridized carbons (Fsp3) is 0.179. The highest BCUT2D eigenvalue weighted by molar-refractivity contribution is 7.07.